The summed E-state index contributed by atoms with van der Waals surface area (Å²) in [6.45, 7) is 0.725. The third-order valence-electron chi connectivity index (χ3n) is 4.20. The van der Waals surface area contributed by atoms with E-state index in [1.165, 1.54) is 6.07 Å². The number of hydrogen-bond donors (Lipinski definition) is 2. The molecular formula is C18H17F3N2O2. The van der Waals surface area contributed by atoms with Crippen molar-refractivity contribution in [3.63, 3.8) is 0 Å². The van der Waals surface area contributed by atoms with Crippen molar-refractivity contribution in [1.82, 2.24) is 5.32 Å². The summed E-state index contributed by atoms with van der Waals surface area (Å²) in [6.07, 6.45) is -5.19. The maximum absolute atomic E-state index is 13.1. The van der Waals surface area contributed by atoms with E-state index >= 15 is 0 Å². The van der Waals surface area contributed by atoms with Gasteiger partial charge in [-0.25, -0.2) is 4.79 Å². The molecule has 0 aliphatic carbocycles. The van der Waals surface area contributed by atoms with E-state index < -0.39 is 17.8 Å². The topological polar surface area (TPSA) is 52.6 Å². The lowest BCUT2D eigenvalue weighted by atomic mass is 9.95. The molecule has 0 radical (unpaired) electrons. The molecule has 0 aromatic heterocycles. The van der Waals surface area contributed by atoms with Crippen LogP contribution in [-0.2, 0) is 19.1 Å². The average molecular weight is 350 g/mol. The number of alkyl halides is 3. The molecule has 0 spiro atoms. The third kappa shape index (κ3) is 4.04. The minimum absolute atomic E-state index is 0.315. The molecule has 0 saturated heterocycles. The van der Waals surface area contributed by atoms with Crippen molar-refractivity contribution in [2.75, 3.05) is 11.4 Å². The lowest BCUT2D eigenvalue weighted by Gasteiger charge is -2.36. The summed E-state index contributed by atoms with van der Waals surface area (Å²) in [4.78, 5) is 12.7. The van der Waals surface area contributed by atoms with Crippen LogP contribution in [0.25, 0.3) is 0 Å². The first-order valence-corrected chi connectivity index (χ1v) is 7.81. The Labute approximate surface area is 142 Å². The van der Waals surface area contributed by atoms with Gasteiger partial charge >= 0.3 is 12.3 Å². The molecule has 4 nitrogen and oxygen atoms in total. The van der Waals surface area contributed by atoms with Gasteiger partial charge in [0.1, 0.15) is 0 Å². The van der Waals surface area contributed by atoms with Crippen LogP contribution in [0.4, 0.5) is 23.7 Å². The van der Waals surface area contributed by atoms with E-state index in [0.717, 1.165) is 17.7 Å². The molecule has 1 heterocycles. The van der Waals surface area contributed by atoms with Crippen molar-refractivity contribution in [2.45, 2.75) is 25.2 Å². The van der Waals surface area contributed by atoms with Crippen LogP contribution >= 0.6 is 0 Å². The van der Waals surface area contributed by atoms with Crippen LogP contribution in [0, 0.1) is 0 Å². The van der Waals surface area contributed by atoms with Crippen molar-refractivity contribution in [3.05, 3.63) is 65.2 Å². The van der Waals surface area contributed by atoms with Gasteiger partial charge in [-0.1, -0.05) is 36.4 Å². The highest BCUT2D eigenvalue weighted by atomic mass is 19.4. The van der Waals surface area contributed by atoms with Gasteiger partial charge in [0.2, 0.25) is 0 Å². The molecule has 25 heavy (non-hydrogen) atoms. The first kappa shape index (κ1) is 17.1. The summed E-state index contributed by atoms with van der Waals surface area (Å²) >= 11 is 0. The van der Waals surface area contributed by atoms with Crippen molar-refractivity contribution in [3.8, 4) is 0 Å². The fourth-order valence-corrected chi connectivity index (χ4v) is 3.13. The maximum Gasteiger partial charge on any atom is 0.416 e. The Hall–Kier alpha value is -2.70. The zero-order valence-electron chi connectivity index (χ0n) is 13.3. The van der Waals surface area contributed by atoms with E-state index in [9.17, 15) is 18.0 Å². The molecule has 0 fully saturated rings. The lowest BCUT2D eigenvalue weighted by molar-refractivity contribution is -0.137. The second-order valence-electron chi connectivity index (χ2n) is 6.06. The van der Waals surface area contributed by atoms with E-state index in [4.69, 9.17) is 5.11 Å². The molecule has 1 atom stereocenters. The lowest BCUT2D eigenvalue weighted by Crippen LogP contribution is -2.47. The normalized spacial score (nSPS) is 17.1. The highest BCUT2D eigenvalue weighted by molar-refractivity contribution is 5.66. The highest BCUT2D eigenvalue weighted by Gasteiger charge is 2.33. The van der Waals surface area contributed by atoms with E-state index in [2.05, 4.69) is 5.32 Å². The molecule has 1 aliphatic rings. The zero-order chi connectivity index (χ0) is 18.0. The van der Waals surface area contributed by atoms with E-state index in [1.54, 1.807) is 4.90 Å². The number of nitrogens with one attached hydrogen (secondary N) is 1. The van der Waals surface area contributed by atoms with Crippen LogP contribution < -0.4 is 10.2 Å². The molecule has 7 heteroatoms. The number of hydrogen-bond acceptors (Lipinski definition) is 2. The Kier molecular flexibility index (Phi) is 4.57. The van der Waals surface area contributed by atoms with Gasteiger partial charge in [0, 0.05) is 18.8 Å². The first-order chi connectivity index (χ1) is 11.8. The standard InChI is InChI=1S/C18H17F3N2O2/c19-18(20,21)14-7-6-13-8-15(22-17(24)25)11-23(16(13)9-14)10-12-4-2-1-3-5-12/h1-7,9,15,22H,8,10-11H2,(H,24,25). The van der Waals surface area contributed by atoms with Crippen molar-refractivity contribution >= 4 is 11.8 Å². The fourth-order valence-electron chi connectivity index (χ4n) is 3.13. The molecular weight excluding hydrogens is 333 g/mol. The second kappa shape index (κ2) is 6.66. The molecule has 1 unspecified atom stereocenters. The predicted octanol–water partition coefficient (Wildman–Crippen LogP) is 3.90. The number of benzene rings is 2. The van der Waals surface area contributed by atoms with E-state index in [-0.39, 0.29) is 6.04 Å². The minimum Gasteiger partial charge on any atom is -0.465 e. The summed E-state index contributed by atoms with van der Waals surface area (Å²) in [6, 6.07) is 12.6. The number of fused-ring (bicyclic) bond motifs is 1. The van der Waals surface area contributed by atoms with Crippen LogP contribution in [0.2, 0.25) is 0 Å². The molecule has 3 rings (SSSR count). The van der Waals surface area contributed by atoms with E-state index in [0.29, 0.717) is 30.8 Å². The van der Waals surface area contributed by atoms with Crippen LogP contribution in [-0.4, -0.2) is 23.8 Å². The van der Waals surface area contributed by atoms with Gasteiger partial charge in [0.25, 0.3) is 0 Å². The number of halogens is 3. The number of nitrogens with zero attached hydrogens (tertiary/aromatic N) is 1. The minimum atomic E-state index is -4.41. The Morgan fingerprint density at radius 1 is 1.20 bits per heavy atom. The Morgan fingerprint density at radius 3 is 2.56 bits per heavy atom. The Balaban J connectivity index is 1.95. The largest absolute Gasteiger partial charge is 0.465 e. The molecule has 2 aromatic rings. The molecule has 132 valence electrons. The summed E-state index contributed by atoms with van der Waals surface area (Å²) in [5, 5.41) is 11.4. The van der Waals surface area contributed by atoms with Crippen LogP contribution in [0.1, 0.15) is 16.7 Å². The molecule has 1 amide bonds. The van der Waals surface area contributed by atoms with E-state index in [1.807, 2.05) is 30.3 Å². The zero-order valence-corrected chi connectivity index (χ0v) is 13.3. The van der Waals surface area contributed by atoms with Gasteiger partial charge in [0.15, 0.2) is 0 Å². The van der Waals surface area contributed by atoms with Crippen LogP contribution in [0.3, 0.4) is 0 Å². The smallest absolute Gasteiger partial charge is 0.416 e. The number of amides is 1. The van der Waals surface area contributed by atoms with Crippen LogP contribution in [0.5, 0.6) is 0 Å². The van der Waals surface area contributed by atoms with Crippen molar-refractivity contribution in [2.24, 2.45) is 0 Å². The molecule has 1 aliphatic heterocycles. The van der Waals surface area contributed by atoms with Gasteiger partial charge in [-0.2, -0.15) is 13.2 Å². The van der Waals surface area contributed by atoms with Crippen molar-refractivity contribution in [1.29, 1.82) is 0 Å². The maximum atomic E-state index is 13.1. The molecule has 2 N–H and O–H groups in total. The molecule has 0 saturated carbocycles. The van der Waals surface area contributed by atoms with Gasteiger partial charge in [-0.05, 0) is 29.7 Å². The monoisotopic (exact) mass is 350 g/mol. The summed E-state index contributed by atoms with van der Waals surface area (Å²) < 4.78 is 39.2. The summed E-state index contributed by atoms with van der Waals surface area (Å²) in [5.74, 6) is 0. The number of carbonyl (C=O) groups is 1. The fraction of sp³-hybridized carbons (Fsp3) is 0.278. The van der Waals surface area contributed by atoms with Gasteiger partial charge in [-0.15, -0.1) is 0 Å². The van der Waals surface area contributed by atoms with Gasteiger partial charge in [-0.3, -0.25) is 0 Å². The second-order valence-corrected chi connectivity index (χ2v) is 6.06. The number of rotatable bonds is 3. The SMILES string of the molecule is O=C(O)NC1Cc2ccc(C(F)(F)F)cc2N(Cc2ccccc2)C1. The third-order valence-corrected chi connectivity index (χ3v) is 4.20. The molecule has 2 aromatic carbocycles. The Morgan fingerprint density at radius 2 is 1.92 bits per heavy atom. The summed E-state index contributed by atoms with van der Waals surface area (Å²) in [7, 11) is 0. The number of anilines is 1. The first-order valence-electron chi connectivity index (χ1n) is 7.81. The van der Waals surface area contributed by atoms with Gasteiger partial charge in [0.05, 0.1) is 11.6 Å². The van der Waals surface area contributed by atoms with Crippen molar-refractivity contribution < 1.29 is 23.1 Å². The summed E-state index contributed by atoms with van der Waals surface area (Å²) in [5.41, 5.74) is 1.45. The predicted molar refractivity (Wildman–Crippen MR) is 87.6 cm³/mol. The van der Waals surface area contributed by atoms with Crippen LogP contribution in [0.15, 0.2) is 48.5 Å². The number of carboxylic acid groups (broad SMARTS) is 1. The average Bonchev–Trinajstić information content (AvgIpc) is 2.54. The highest BCUT2D eigenvalue weighted by Crippen LogP contribution is 2.36. The quantitative estimate of drug-likeness (QED) is 0.883. The molecule has 0 bridgehead atoms. The van der Waals surface area contributed by atoms with Gasteiger partial charge < -0.3 is 15.3 Å². The Bertz CT molecular complexity index is 763.